The van der Waals surface area contributed by atoms with E-state index in [0.29, 0.717) is 19.6 Å². The highest BCUT2D eigenvalue weighted by Gasteiger charge is 2.46. The van der Waals surface area contributed by atoms with Crippen LogP contribution in [0.2, 0.25) is 0 Å². The van der Waals surface area contributed by atoms with E-state index < -0.39 is 10.0 Å². The summed E-state index contributed by atoms with van der Waals surface area (Å²) < 4.78 is 25.1. The number of nitrogens with zero attached hydrogens (tertiary/aromatic N) is 2. The number of benzene rings is 1. The van der Waals surface area contributed by atoms with Gasteiger partial charge in [0.25, 0.3) is 0 Å². The number of hydrogen-bond acceptors (Lipinski definition) is 3. The van der Waals surface area contributed by atoms with Crippen LogP contribution in [0.3, 0.4) is 0 Å². The predicted octanol–water partition coefficient (Wildman–Crippen LogP) is 2.06. The number of likely N-dealkylation sites (tertiary alicyclic amines) is 1. The van der Waals surface area contributed by atoms with Gasteiger partial charge in [0.05, 0.1) is 12.2 Å². The molecule has 1 aromatic carbocycles. The summed E-state index contributed by atoms with van der Waals surface area (Å²) >= 11 is 0. The lowest BCUT2D eigenvalue weighted by Crippen LogP contribution is -2.54. The van der Waals surface area contributed by atoms with Crippen LogP contribution >= 0.6 is 0 Å². The summed E-state index contributed by atoms with van der Waals surface area (Å²) in [6, 6.07) is 9.98. The number of likely N-dealkylation sites (N-methyl/N-ethyl adjacent to an activating group) is 1. The summed E-state index contributed by atoms with van der Waals surface area (Å²) in [6.07, 6.45) is 3.75. The Morgan fingerprint density at radius 2 is 1.79 bits per heavy atom. The molecule has 0 radical (unpaired) electrons. The predicted molar refractivity (Wildman–Crippen MR) is 94.1 cm³/mol. The first-order valence-corrected chi connectivity index (χ1v) is 10.5. The van der Waals surface area contributed by atoms with Crippen LogP contribution in [0.25, 0.3) is 0 Å². The van der Waals surface area contributed by atoms with Crippen molar-refractivity contribution in [2.45, 2.75) is 32.1 Å². The van der Waals surface area contributed by atoms with Gasteiger partial charge in [0, 0.05) is 26.2 Å². The van der Waals surface area contributed by atoms with Gasteiger partial charge in [-0.05, 0) is 37.2 Å². The number of amides is 1. The maximum Gasteiger partial charge on any atom is 0.230 e. The third-order valence-corrected chi connectivity index (χ3v) is 6.91. The van der Waals surface area contributed by atoms with Crippen molar-refractivity contribution in [2.24, 2.45) is 5.41 Å². The molecular weight excluding hydrogens is 324 g/mol. The molecule has 2 fully saturated rings. The second kappa shape index (κ2) is 6.48. The molecule has 2 heterocycles. The highest BCUT2D eigenvalue weighted by atomic mass is 32.2. The van der Waals surface area contributed by atoms with Crippen LogP contribution in [0.15, 0.2) is 30.3 Å². The number of carbonyl (C=O) groups is 1. The van der Waals surface area contributed by atoms with Crippen molar-refractivity contribution in [1.82, 2.24) is 9.21 Å². The normalized spacial score (nSPS) is 25.2. The van der Waals surface area contributed by atoms with Gasteiger partial charge < -0.3 is 4.90 Å². The molecule has 1 atom stereocenters. The molecule has 2 saturated heterocycles. The molecule has 6 heteroatoms. The van der Waals surface area contributed by atoms with Gasteiger partial charge in [0.15, 0.2) is 0 Å². The van der Waals surface area contributed by atoms with Crippen LogP contribution < -0.4 is 0 Å². The summed E-state index contributed by atoms with van der Waals surface area (Å²) in [5, 5.41) is 0. The molecule has 24 heavy (non-hydrogen) atoms. The first-order valence-electron chi connectivity index (χ1n) is 8.63. The van der Waals surface area contributed by atoms with Gasteiger partial charge in [-0.25, -0.2) is 12.7 Å². The molecule has 0 saturated carbocycles. The highest BCUT2D eigenvalue weighted by molar-refractivity contribution is 7.88. The topological polar surface area (TPSA) is 57.7 Å². The standard InChI is InChI=1S/C18H26N2O3S/c1-3-19-14-18(9-11-20(12-10-18)24(2,22)23)13-16(17(19)21)15-7-5-4-6-8-15/h4-8,16H,3,9-14H2,1-2H3/t16-/m1/s1. The minimum Gasteiger partial charge on any atom is -0.342 e. The van der Waals surface area contributed by atoms with Crippen molar-refractivity contribution in [1.29, 1.82) is 0 Å². The number of sulfonamides is 1. The summed E-state index contributed by atoms with van der Waals surface area (Å²) in [5.41, 5.74) is 1.11. The van der Waals surface area contributed by atoms with E-state index in [1.807, 2.05) is 42.2 Å². The minimum absolute atomic E-state index is 0.0334. The quantitative estimate of drug-likeness (QED) is 0.838. The fraction of sp³-hybridized carbons (Fsp3) is 0.611. The van der Waals surface area contributed by atoms with Gasteiger partial charge in [-0.1, -0.05) is 30.3 Å². The zero-order valence-corrected chi connectivity index (χ0v) is 15.3. The fourth-order valence-electron chi connectivity index (χ4n) is 4.16. The van der Waals surface area contributed by atoms with Crippen LogP contribution in [0, 0.1) is 5.41 Å². The maximum atomic E-state index is 12.8. The van der Waals surface area contributed by atoms with Crippen molar-refractivity contribution in [3.05, 3.63) is 35.9 Å². The van der Waals surface area contributed by atoms with Crippen LogP contribution in [-0.2, 0) is 14.8 Å². The number of hydrogen-bond donors (Lipinski definition) is 0. The zero-order chi connectivity index (χ0) is 17.4. The van der Waals surface area contributed by atoms with Gasteiger partial charge >= 0.3 is 0 Å². The first kappa shape index (κ1) is 17.4. The van der Waals surface area contributed by atoms with Gasteiger partial charge in [0.1, 0.15) is 0 Å². The Hall–Kier alpha value is -1.40. The third-order valence-electron chi connectivity index (χ3n) is 5.61. The maximum absolute atomic E-state index is 12.8. The Kier molecular flexibility index (Phi) is 4.71. The van der Waals surface area contributed by atoms with E-state index in [1.165, 1.54) is 6.26 Å². The first-order chi connectivity index (χ1) is 11.3. The van der Waals surface area contributed by atoms with E-state index in [9.17, 15) is 13.2 Å². The smallest absolute Gasteiger partial charge is 0.230 e. The van der Waals surface area contributed by atoms with E-state index >= 15 is 0 Å². The number of piperidine rings is 2. The van der Waals surface area contributed by atoms with Gasteiger partial charge in [-0.3, -0.25) is 4.79 Å². The summed E-state index contributed by atoms with van der Waals surface area (Å²) in [6.45, 7) is 4.60. The summed E-state index contributed by atoms with van der Waals surface area (Å²) in [7, 11) is -3.12. The van der Waals surface area contributed by atoms with Crippen molar-refractivity contribution >= 4 is 15.9 Å². The molecule has 2 aliphatic heterocycles. The zero-order valence-electron chi connectivity index (χ0n) is 14.4. The lowest BCUT2D eigenvalue weighted by molar-refractivity contribution is -0.141. The van der Waals surface area contributed by atoms with E-state index in [-0.39, 0.29) is 17.2 Å². The molecule has 1 amide bonds. The fourth-order valence-corrected chi connectivity index (χ4v) is 5.00. The molecular formula is C18H26N2O3S. The van der Waals surface area contributed by atoms with E-state index in [1.54, 1.807) is 4.31 Å². The lowest BCUT2D eigenvalue weighted by Gasteiger charge is -2.49. The van der Waals surface area contributed by atoms with Crippen LogP contribution in [0.4, 0.5) is 0 Å². The van der Waals surface area contributed by atoms with Crippen molar-refractivity contribution in [3.63, 3.8) is 0 Å². The van der Waals surface area contributed by atoms with Crippen molar-refractivity contribution in [2.75, 3.05) is 32.4 Å². The third kappa shape index (κ3) is 3.35. The summed E-state index contributed by atoms with van der Waals surface area (Å²) in [5.74, 6) is 0.101. The average molecular weight is 350 g/mol. The van der Waals surface area contributed by atoms with Crippen molar-refractivity contribution < 1.29 is 13.2 Å². The summed E-state index contributed by atoms with van der Waals surface area (Å²) in [4.78, 5) is 14.8. The van der Waals surface area contributed by atoms with Crippen LogP contribution in [-0.4, -0.2) is 56.0 Å². The Bertz CT molecular complexity index is 694. The average Bonchev–Trinajstić information content (AvgIpc) is 2.57. The Morgan fingerprint density at radius 1 is 1.17 bits per heavy atom. The highest BCUT2D eigenvalue weighted by Crippen LogP contribution is 2.45. The molecule has 1 aromatic rings. The molecule has 132 valence electrons. The second-order valence-corrected chi connectivity index (χ2v) is 9.16. The van der Waals surface area contributed by atoms with E-state index in [4.69, 9.17) is 0 Å². The van der Waals surface area contributed by atoms with Gasteiger partial charge in [-0.2, -0.15) is 0 Å². The SMILES string of the molecule is CCN1CC2(CCN(S(C)(=O)=O)CC2)C[C@H](c2ccccc2)C1=O. The molecule has 0 N–H and O–H groups in total. The Balaban J connectivity index is 1.84. The monoisotopic (exact) mass is 350 g/mol. The molecule has 0 unspecified atom stereocenters. The molecule has 1 spiro atoms. The molecule has 0 aliphatic carbocycles. The second-order valence-electron chi connectivity index (χ2n) is 7.18. The molecule has 0 bridgehead atoms. The molecule has 3 rings (SSSR count). The lowest BCUT2D eigenvalue weighted by atomic mass is 9.68. The van der Waals surface area contributed by atoms with E-state index in [2.05, 4.69) is 0 Å². The van der Waals surface area contributed by atoms with E-state index in [0.717, 1.165) is 31.4 Å². The molecule has 0 aromatic heterocycles. The Labute approximate surface area is 144 Å². The van der Waals surface area contributed by atoms with Crippen LogP contribution in [0.5, 0.6) is 0 Å². The van der Waals surface area contributed by atoms with Gasteiger partial charge in [0.2, 0.25) is 15.9 Å². The number of carbonyl (C=O) groups excluding carboxylic acids is 1. The minimum atomic E-state index is -3.12. The van der Waals surface area contributed by atoms with Crippen molar-refractivity contribution in [3.8, 4) is 0 Å². The molecule has 5 nitrogen and oxygen atoms in total. The molecule has 2 aliphatic rings. The van der Waals surface area contributed by atoms with Gasteiger partial charge in [-0.15, -0.1) is 0 Å². The van der Waals surface area contributed by atoms with Crippen LogP contribution in [0.1, 0.15) is 37.7 Å². The Morgan fingerprint density at radius 3 is 2.33 bits per heavy atom. The number of rotatable bonds is 3. The largest absolute Gasteiger partial charge is 0.342 e.